The van der Waals surface area contributed by atoms with E-state index in [1.54, 1.807) is 0 Å². The third-order valence-corrected chi connectivity index (χ3v) is 11.8. The Labute approximate surface area is 344 Å². The Kier molecular flexibility index (Phi) is 8.56. The van der Waals surface area contributed by atoms with Gasteiger partial charge in [-0.1, -0.05) is 188 Å². The molecular weight excluding hydrogens is 711 g/mol. The molecule has 0 spiro atoms. The molecule has 0 aliphatic rings. The Hall–Kier alpha value is -7.74. The summed E-state index contributed by atoms with van der Waals surface area (Å²) in [6.07, 6.45) is 0. The van der Waals surface area contributed by atoms with Crippen molar-refractivity contribution in [2.24, 2.45) is 0 Å². The Morgan fingerprint density at radius 3 is 1.29 bits per heavy atom. The normalized spacial score (nSPS) is 11.4. The molecule has 1 heteroatoms. The lowest BCUT2D eigenvalue weighted by molar-refractivity contribution is 1.28. The predicted molar refractivity (Wildman–Crippen MR) is 253 cm³/mol. The van der Waals surface area contributed by atoms with Gasteiger partial charge in [0.05, 0.1) is 0 Å². The van der Waals surface area contributed by atoms with Gasteiger partial charge in [0.15, 0.2) is 0 Å². The van der Waals surface area contributed by atoms with Gasteiger partial charge in [-0.25, -0.2) is 0 Å². The minimum Gasteiger partial charge on any atom is -0.310 e. The highest BCUT2D eigenvalue weighted by Crippen LogP contribution is 2.45. The fraction of sp³-hybridized carbons (Fsp3) is 0. The Morgan fingerprint density at radius 1 is 0.203 bits per heavy atom. The van der Waals surface area contributed by atoms with Crippen LogP contribution in [0.3, 0.4) is 0 Å². The fourth-order valence-corrected chi connectivity index (χ4v) is 8.92. The summed E-state index contributed by atoms with van der Waals surface area (Å²) < 4.78 is 0. The molecule has 0 heterocycles. The Balaban J connectivity index is 1.14. The molecular formula is C58H39N. The Bertz CT molecular complexity index is 3210. The summed E-state index contributed by atoms with van der Waals surface area (Å²) in [5.41, 5.74) is 12.9. The molecule has 0 fully saturated rings. The zero-order valence-electron chi connectivity index (χ0n) is 32.5. The van der Waals surface area contributed by atoms with Gasteiger partial charge < -0.3 is 4.90 Å². The van der Waals surface area contributed by atoms with Crippen LogP contribution in [0.1, 0.15) is 0 Å². The fourth-order valence-electron chi connectivity index (χ4n) is 8.92. The highest BCUT2D eigenvalue weighted by molar-refractivity contribution is 6.15. The lowest BCUT2D eigenvalue weighted by Crippen LogP contribution is -2.10. The van der Waals surface area contributed by atoms with E-state index in [4.69, 9.17) is 0 Å². The highest BCUT2D eigenvalue weighted by Gasteiger charge is 2.19. The van der Waals surface area contributed by atoms with E-state index < -0.39 is 0 Å². The van der Waals surface area contributed by atoms with E-state index in [1.165, 1.54) is 87.6 Å². The molecule has 11 aromatic rings. The van der Waals surface area contributed by atoms with Crippen molar-refractivity contribution in [1.29, 1.82) is 0 Å². The molecule has 0 aromatic heterocycles. The second-order valence-electron chi connectivity index (χ2n) is 15.3. The standard InChI is InChI=1S/C58H39N/c1-3-13-40(14-4-1)42-25-30-48(31-26-42)59(49-32-27-43(28-33-49)41-15-5-2-6-16-41)50-34-36-56(58-38-45-18-8-10-20-52(45)54-21-11-12-22-55(54)58)57(39-50)47-29-35-53-46(37-47)24-23-44-17-7-9-19-51(44)53/h1-39H. The number of hydrogen-bond donors (Lipinski definition) is 0. The van der Waals surface area contributed by atoms with Crippen LogP contribution in [0.4, 0.5) is 17.1 Å². The van der Waals surface area contributed by atoms with Crippen molar-refractivity contribution in [3.8, 4) is 44.5 Å². The van der Waals surface area contributed by atoms with Crippen LogP contribution in [0.5, 0.6) is 0 Å². The molecule has 0 N–H and O–H groups in total. The minimum absolute atomic E-state index is 1.09. The van der Waals surface area contributed by atoms with Crippen molar-refractivity contribution >= 4 is 60.2 Å². The smallest absolute Gasteiger partial charge is 0.0468 e. The van der Waals surface area contributed by atoms with Gasteiger partial charge in [-0.05, 0) is 136 Å². The summed E-state index contributed by atoms with van der Waals surface area (Å²) in [7, 11) is 0. The lowest BCUT2D eigenvalue weighted by Gasteiger charge is -2.27. The van der Waals surface area contributed by atoms with E-state index in [-0.39, 0.29) is 0 Å². The number of rotatable bonds is 7. The van der Waals surface area contributed by atoms with Crippen molar-refractivity contribution in [1.82, 2.24) is 0 Å². The number of nitrogens with zero attached hydrogens (tertiary/aromatic N) is 1. The topological polar surface area (TPSA) is 3.24 Å². The van der Waals surface area contributed by atoms with Crippen molar-refractivity contribution < 1.29 is 0 Å². The van der Waals surface area contributed by atoms with Crippen LogP contribution in [-0.4, -0.2) is 0 Å². The van der Waals surface area contributed by atoms with Crippen molar-refractivity contribution in [2.45, 2.75) is 0 Å². The van der Waals surface area contributed by atoms with Gasteiger partial charge in [-0.2, -0.15) is 0 Å². The maximum absolute atomic E-state index is 2.40. The summed E-state index contributed by atoms with van der Waals surface area (Å²) in [5, 5.41) is 10.0. The molecule has 0 bridgehead atoms. The number of hydrogen-bond acceptors (Lipinski definition) is 1. The summed E-state index contributed by atoms with van der Waals surface area (Å²) in [6, 6.07) is 86.4. The lowest BCUT2D eigenvalue weighted by atomic mass is 9.87. The molecule has 0 amide bonds. The molecule has 0 radical (unpaired) electrons. The number of anilines is 3. The van der Waals surface area contributed by atoms with Crippen LogP contribution in [0.15, 0.2) is 237 Å². The Morgan fingerprint density at radius 2 is 0.644 bits per heavy atom. The van der Waals surface area contributed by atoms with Crippen molar-refractivity contribution in [2.75, 3.05) is 4.90 Å². The average Bonchev–Trinajstić information content (AvgIpc) is 3.32. The summed E-state index contributed by atoms with van der Waals surface area (Å²) in [5.74, 6) is 0. The quantitative estimate of drug-likeness (QED) is 0.147. The number of fused-ring (bicyclic) bond motifs is 6. The second kappa shape index (κ2) is 14.6. The predicted octanol–water partition coefficient (Wildman–Crippen LogP) is 16.4. The molecule has 0 saturated heterocycles. The third kappa shape index (κ3) is 6.30. The maximum atomic E-state index is 2.40. The van der Waals surface area contributed by atoms with E-state index >= 15 is 0 Å². The largest absolute Gasteiger partial charge is 0.310 e. The third-order valence-electron chi connectivity index (χ3n) is 11.8. The molecule has 0 aliphatic heterocycles. The van der Waals surface area contributed by atoms with Gasteiger partial charge in [0, 0.05) is 17.1 Å². The SMILES string of the molecule is c1ccc(-c2ccc(N(c3ccc(-c4ccccc4)cc3)c3ccc(-c4cc5ccccc5c5ccccc45)c(-c4ccc5c(ccc6ccccc65)c4)c3)cc2)cc1. The van der Waals surface area contributed by atoms with Crippen molar-refractivity contribution in [3.63, 3.8) is 0 Å². The van der Waals surface area contributed by atoms with Gasteiger partial charge in [0.25, 0.3) is 0 Å². The van der Waals surface area contributed by atoms with Crippen LogP contribution >= 0.6 is 0 Å². The first-order chi connectivity index (χ1) is 29.2. The molecule has 11 aromatic carbocycles. The van der Waals surface area contributed by atoms with Crippen LogP contribution in [0.2, 0.25) is 0 Å². The first-order valence-electron chi connectivity index (χ1n) is 20.3. The first-order valence-corrected chi connectivity index (χ1v) is 20.3. The van der Waals surface area contributed by atoms with E-state index in [9.17, 15) is 0 Å². The molecule has 11 rings (SSSR count). The maximum Gasteiger partial charge on any atom is 0.0468 e. The summed E-state index contributed by atoms with van der Waals surface area (Å²) in [6.45, 7) is 0. The summed E-state index contributed by atoms with van der Waals surface area (Å²) in [4.78, 5) is 2.39. The molecule has 0 atom stereocenters. The van der Waals surface area contributed by atoms with Gasteiger partial charge in [-0.15, -0.1) is 0 Å². The van der Waals surface area contributed by atoms with E-state index in [1.807, 2.05) is 0 Å². The van der Waals surface area contributed by atoms with E-state index in [0.717, 1.165) is 17.1 Å². The second-order valence-corrected chi connectivity index (χ2v) is 15.3. The van der Waals surface area contributed by atoms with E-state index in [0.29, 0.717) is 0 Å². The first kappa shape index (κ1) is 34.5. The van der Waals surface area contributed by atoms with Crippen LogP contribution in [0.25, 0.3) is 87.6 Å². The van der Waals surface area contributed by atoms with E-state index in [2.05, 4.69) is 241 Å². The molecule has 1 nitrogen and oxygen atoms in total. The van der Waals surface area contributed by atoms with Gasteiger partial charge in [0.1, 0.15) is 0 Å². The van der Waals surface area contributed by atoms with Crippen LogP contribution in [-0.2, 0) is 0 Å². The van der Waals surface area contributed by atoms with Crippen LogP contribution in [0, 0.1) is 0 Å². The molecule has 0 unspecified atom stereocenters. The molecule has 0 aliphatic carbocycles. The molecule has 276 valence electrons. The molecule has 59 heavy (non-hydrogen) atoms. The highest BCUT2D eigenvalue weighted by atomic mass is 15.1. The minimum atomic E-state index is 1.09. The molecule has 0 saturated carbocycles. The zero-order valence-corrected chi connectivity index (χ0v) is 32.5. The van der Waals surface area contributed by atoms with Gasteiger partial charge in [-0.3, -0.25) is 0 Å². The van der Waals surface area contributed by atoms with Gasteiger partial charge >= 0.3 is 0 Å². The summed E-state index contributed by atoms with van der Waals surface area (Å²) >= 11 is 0. The number of benzene rings is 11. The van der Waals surface area contributed by atoms with Crippen LogP contribution < -0.4 is 4.90 Å². The van der Waals surface area contributed by atoms with Crippen molar-refractivity contribution in [3.05, 3.63) is 237 Å². The monoisotopic (exact) mass is 749 g/mol. The average molecular weight is 750 g/mol. The van der Waals surface area contributed by atoms with Gasteiger partial charge in [0.2, 0.25) is 0 Å². The zero-order chi connectivity index (χ0) is 39.1.